The molecular formula is C18H22ClNO3. The van der Waals surface area contributed by atoms with Gasteiger partial charge in [-0.05, 0) is 50.8 Å². The van der Waals surface area contributed by atoms with Crippen molar-refractivity contribution in [1.82, 2.24) is 4.90 Å². The molecule has 1 atom stereocenters. The first-order chi connectivity index (χ1) is 10.9. The first-order valence-electron chi connectivity index (χ1n) is 8.05. The van der Waals surface area contributed by atoms with E-state index in [0.29, 0.717) is 34.2 Å². The normalized spacial score (nSPS) is 19.4. The zero-order chi connectivity index (χ0) is 16.7. The predicted octanol–water partition coefficient (Wildman–Crippen LogP) is 4.00. The van der Waals surface area contributed by atoms with Gasteiger partial charge in [0.15, 0.2) is 0 Å². The molecule has 0 aliphatic carbocycles. The summed E-state index contributed by atoms with van der Waals surface area (Å²) in [6.45, 7) is 8.35. The maximum Gasteiger partial charge on any atom is 0.339 e. The van der Waals surface area contributed by atoms with E-state index < -0.39 is 0 Å². The van der Waals surface area contributed by atoms with E-state index in [2.05, 4.69) is 11.8 Å². The van der Waals surface area contributed by atoms with Crippen molar-refractivity contribution in [3.05, 3.63) is 38.2 Å². The Hall–Kier alpha value is -1.52. The predicted molar refractivity (Wildman–Crippen MR) is 92.3 cm³/mol. The van der Waals surface area contributed by atoms with Crippen molar-refractivity contribution in [1.29, 1.82) is 0 Å². The standard InChI is InChI=1S/C18H22ClNO3/c1-10-5-4-6-20(8-10)9-14-16(21)15(19)7-13-11(2)12(3)18(22)23-17(13)14/h7,10,21H,4-6,8-9H2,1-3H3/t10-/m1/s1. The van der Waals surface area contributed by atoms with E-state index in [0.717, 1.165) is 30.5 Å². The van der Waals surface area contributed by atoms with Gasteiger partial charge in [-0.25, -0.2) is 4.79 Å². The molecule has 1 aromatic carbocycles. The number of hydrogen-bond donors (Lipinski definition) is 1. The third-order valence-corrected chi connectivity index (χ3v) is 5.18. The molecule has 23 heavy (non-hydrogen) atoms. The first kappa shape index (κ1) is 16.3. The molecule has 1 aliphatic heterocycles. The van der Waals surface area contributed by atoms with Gasteiger partial charge in [0.25, 0.3) is 0 Å². The molecule has 0 radical (unpaired) electrons. The summed E-state index contributed by atoms with van der Waals surface area (Å²) in [5, 5.41) is 11.5. The van der Waals surface area contributed by atoms with E-state index in [-0.39, 0.29) is 11.4 Å². The van der Waals surface area contributed by atoms with Crippen molar-refractivity contribution in [3.63, 3.8) is 0 Å². The van der Waals surface area contributed by atoms with Crippen LogP contribution in [0.1, 0.15) is 36.5 Å². The van der Waals surface area contributed by atoms with Crippen molar-refractivity contribution < 1.29 is 9.52 Å². The van der Waals surface area contributed by atoms with Crippen molar-refractivity contribution in [2.75, 3.05) is 13.1 Å². The summed E-state index contributed by atoms with van der Waals surface area (Å²) in [4.78, 5) is 14.3. The van der Waals surface area contributed by atoms with Gasteiger partial charge in [0, 0.05) is 24.0 Å². The zero-order valence-corrected chi connectivity index (χ0v) is 14.5. The molecule has 1 fully saturated rings. The summed E-state index contributed by atoms with van der Waals surface area (Å²) in [5.41, 5.74) is 2.15. The number of fused-ring (bicyclic) bond motifs is 1. The van der Waals surface area contributed by atoms with Gasteiger partial charge in [-0.15, -0.1) is 0 Å². The van der Waals surface area contributed by atoms with Gasteiger partial charge < -0.3 is 9.52 Å². The molecule has 1 saturated heterocycles. The number of nitrogens with zero attached hydrogens (tertiary/aromatic N) is 1. The van der Waals surface area contributed by atoms with Gasteiger partial charge in [-0.3, -0.25) is 4.90 Å². The van der Waals surface area contributed by atoms with E-state index in [1.807, 2.05) is 6.92 Å². The number of phenolic OH excluding ortho intramolecular Hbond substituents is 1. The third kappa shape index (κ3) is 2.98. The van der Waals surface area contributed by atoms with Gasteiger partial charge in [0.05, 0.1) is 10.6 Å². The topological polar surface area (TPSA) is 53.7 Å². The molecule has 3 rings (SSSR count). The lowest BCUT2D eigenvalue weighted by Gasteiger charge is -2.31. The van der Waals surface area contributed by atoms with Crippen LogP contribution in [0.25, 0.3) is 11.0 Å². The fourth-order valence-corrected chi connectivity index (χ4v) is 3.62. The summed E-state index contributed by atoms with van der Waals surface area (Å²) in [5.74, 6) is 0.649. The molecule has 0 spiro atoms. The second-order valence-corrected chi connectivity index (χ2v) is 7.09. The average molecular weight is 336 g/mol. The number of likely N-dealkylation sites (tertiary alicyclic amines) is 1. The van der Waals surface area contributed by atoms with Crippen molar-refractivity contribution in [3.8, 4) is 5.75 Å². The Balaban J connectivity index is 2.14. The smallest absolute Gasteiger partial charge is 0.339 e. The van der Waals surface area contributed by atoms with Crippen LogP contribution in [0.15, 0.2) is 15.3 Å². The van der Waals surface area contributed by atoms with Crippen LogP contribution in [-0.2, 0) is 6.54 Å². The summed E-state index contributed by atoms with van der Waals surface area (Å²) in [6, 6.07) is 1.68. The fourth-order valence-electron chi connectivity index (χ4n) is 3.39. The summed E-state index contributed by atoms with van der Waals surface area (Å²) >= 11 is 6.21. The minimum atomic E-state index is -0.356. The number of aromatic hydroxyl groups is 1. The number of piperidine rings is 1. The lowest BCUT2D eigenvalue weighted by molar-refractivity contribution is 0.175. The Morgan fingerprint density at radius 3 is 2.83 bits per heavy atom. The number of halogens is 1. The molecule has 2 heterocycles. The highest BCUT2D eigenvalue weighted by atomic mass is 35.5. The number of benzene rings is 1. The van der Waals surface area contributed by atoms with Crippen LogP contribution in [0, 0.1) is 19.8 Å². The molecule has 1 N–H and O–H groups in total. The Bertz CT molecular complexity index is 812. The zero-order valence-electron chi connectivity index (χ0n) is 13.8. The average Bonchev–Trinajstić information content (AvgIpc) is 2.51. The lowest BCUT2D eigenvalue weighted by atomic mass is 9.98. The SMILES string of the molecule is Cc1c(C)c2cc(Cl)c(O)c(CN3CCC[C@@H](C)C3)c2oc1=O. The molecule has 1 aromatic heterocycles. The van der Waals surface area contributed by atoms with E-state index in [1.165, 1.54) is 6.42 Å². The minimum absolute atomic E-state index is 0.0174. The highest BCUT2D eigenvalue weighted by Gasteiger charge is 2.22. The first-order valence-corrected chi connectivity index (χ1v) is 8.43. The molecule has 0 saturated carbocycles. The Morgan fingerprint density at radius 1 is 1.39 bits per heavy atom. The maximum absolute atomic E-state index is 12.1. The van der Waals surface area contributed by atoms with Gasteiger partial charge in [0.2, 0.25) is 0 Å². The highest BCUT2D eigenvalue weighted by Crippen LogP contribution is 2.37. The van der Waals surface area contributed by atoms with Crippen molar-refractivity contribution in [2.45, 2.75) is 40.2 Å². The molecule has 0 unspecified atom stereocenters. The molecule has 4 nitrogen and oxygen atoms in total. The molecule has 124 valence electrons. The fraction of sp³-hybridized carbons (Fsp3) is 0.500. The molecule has 5 heteroatoms. The maximum atomic E-state index is 12.1. The largest absolute Gasteiger partial charge is 0.506 e. The summed E-state index contributed by atoms with van der Waals surface area (Å²) in [6.07, 6.45) is 2.37. The van der Waals surface area contributed by atoms with Gasteiger partial charge in [-0.2, -0.15) is 0 Å². The van der Waals surface area contributed by atoms with Crippen LogP contribution in [0.3, 0.4) is 0 Å². The highest BCUT2D eigenvalue weighted by molar-refractivity contribution is 6.33. The van der Waals surface area contributed by atoms with Crippen LogP contribution >= 0.6 is 11.6 Å². The summed E-state index contributed by atoms with van der Waals surface area (Å²) < 4.78 is 5.51. The van der Waals surface area contributed by atoms with E-state index in [1.54, 1.807) is 13.0 Å². The second-order valence-electron chi connectivity index (χ2n) is 6.68. The van der Waals surface area contributed by atoms with Crippen LogP contribution in [0.2, 0.25) is 5.02 Å². The van der Waals surface area contributed by atoms with Gasteiger partial charge in [-0.1, -0.05) is 18.5 Å². The van der Waals surface area contributed by atoms with E-state index in [9.17, 15) is 9.90 Å². The van der Waals surface area contributed by atoms with E-state index >= 15 is 0 Å². The number of hydrogen-bond acceptors (Lipinski definition) is 4. The number of rotatable bonds is 2. The van der Waals surface area contributed by atoms with Gasteiger partial charge >= 0.3 is 5.63 Å². The van der Waals surface area contributed by atoms with Crippen molar-refractivity contribution in [2.24, 2.45) is 5.92 Å². The Kier molecular flexibility index (Phi) is 4.39. The van der Waals surface area contributed by atoms with Crippen LogP contribution < -0.4 is 5.63 Å². The molecule has 0 amide bonds. The number of phenols is 1. The molecule has 1 aliphatic rings. The quantitative estimate of drug-likeness (QED) is 0.843. The summed E-state index contributed by atoms with van der Waals surface area (Å²) in [7, 11) is 0. The van der Waals surface area contributed by atoms with Crippen LogP contribution in [0.5, 0.6) is 5.75 Å². The third-order valence-electron chi connectivity index (χ3n) is 4.89. The number of aryl methyl sites for hydroxylation is 1. The molecular weight excluding hydrogens is 314 g/mol. The Labute approximate surface area is 140 Å². The van der Waals surface area contributed by atoms with Crippen LogP contribution in [0.4, 0.5) is 0 Å². The monoisotopic (exact) mass is 335 g/mol. The lowest BCUT2D eigenvalue weighted by Crippen LogP contribution is -2.33. The Morgan fingerprint density at radius 2 is 2.13 bits per heavy atom. The minimum Gasteiger partial charge on any atom is -0.506 e. The van der Waals surface area contributed by atoms with Crippen molar-refractivity contribution >= 4 is 22.6 Å². The molecule has 2 aromatic rings. The van der Waals surface area contributed by atoms with E-state index in [4.69, 9.17) is 16.0 Å². The van der Waals surface area contributed by atoms with Gasteiger partial charge in [0.1, 0.15) is 11.3 Å². The molecule has 0 bridgehead atoms. The van der Waals surface area contributed by atoms with Crippen LogP contribution in [-0.4, -0.2) is 23.1 Å². The second kappa shape index (κ2) is 6.17.